The molecule has 0 bridgehead atoms. The summed E-state index contributed by atoms with van der Waals surface area (Å²) in [5.41, 5.74) is 0. The van der Waals surface area contributed by atoms with Crippen LogP contribution in [-0.2, 0) is 14.2 Å². The second kappa shape index (κ2) is 31.5. The molecule has 0 N–H and O–H groups in total. The molecule has 5 nitrogen and oxygen atoms in total. The van der Waals surface area contributed by atoms with Crippen molar-refractivity contribution in [3.63, 3.8) is 0 Å². The summed E-state index contributed by atoms with van der Waals surface area (Å²) in [6.45, 7) is 12.5. The van der Waals surface area contributed by atoms with Crippen LogP contribution in [0.2, 0.25) is 0 Å². The topological polar surface area (TPSA) is 34.2 Å². The molecule has 49 heavy (non-hydrogen) atoms. The summed E-state index contributed by atoms with van der Waals surface area (Å²) in [6.07, 6.45) is 47.0. The molecule has 1 atom stereocenters. The molecule has 2 rings (SSSR count). The van der Waals surface area contributed by atoms with Gasteiger partial charge in [-0.05, 0) is 103 Å². The van der Waals surface area contributed by atoms with Crippen molar-refractivity contribution in [3.05, 3.63) is 48.6 Å². The Morgan fingerprint density at radius 1 is 0.571 bits per heavy atom. The highest BCUT2D eigenvalue weighted by Gasteiger charge is 2.40. The lowest BCUT2D eigenvalue weighted by Crippen LogP contribution is -2.45. The van der Waals surface area contributed by atoms with E-state index in [1.54, 1.807) is 0 Å². The molecular formula is C44H80N2O3. The predicted molar refractivity (Wildman–Crippen MR) is 212 cm³/mol. The van der Waals surface area contributed by atoms with Crippen LogP contribution in [0, 0.1) is 0 Å². The molecule has 2 aliphatic rings. The van der Waals surface area contributed by atoms with Crippen molar-refractivity contribution in [2.24, 2.45) is 0 Å². The van der Waals surface area contributed by atoms with Crippen LogP contribution in [0.3, 0.4) is 0 Å². The average Bonchev–Trinajstić information content (AvgIpc) is 3.52. The number of hydrogen-bond acceptors (Lipinski definition) is 5. The Morgan fingerprint density at radius 3 is 1.53 bits per heavy atom. The zero-order chi connectivity index (χ0) is 34.9. The maximum atomic E-state index is 6.73. The van der Waals surface area contributed by atoms with Crippen LogP contribution in [0.1, 0.15) is 162 Å². The van der Waals surface area contributed by atoms with Crippen molar-refractivity contribution >= 4 is 0 Å². The number of unbranched alkanes of at least 4 members (excludes halogenated alkanes) is 14. The Balaban J connectivity index is 1.62. The molecule has 2 saturated heterocycles. The van der Waals surface area contributed by atoms with E-state index in [4.69, 9.17) is 14.2 Å². The highest BCUT2D eigenvalue weighted by Crippen LogP contribution is 2.35. The van der Waals surface area contributed by atoms with Gasteiger partial charge in [0.1, 0.15) is 0 Å². The van der Waals surface area contributed by atoms with E-state index < -0.39 is 0 Å². The van der Waals surface area contributed by atoms with E-state index in [-0.39, 0.29) is 11.9 Å². The van der Waals surface area contributed by atoms with Crippen LogP contribution in [0.25, 0.3) is 0 Å². The third-order valence-electron chi connectivity index (χ3n) is 10.1. The third-order valence-corrected chi connectivity index (χ3v) is 10.1. The molecule has 0 aromatic heterocycles. The monoisotopic (exact) mass is 685 g/mol. The number of likely N-dealkylation sites (N-methyl/N-ethyl adjacent to an activating group) is 1. The highest BCUT2D eigenvalue weighted by molar-refractivity contribution is 4.87. The summed E-state index contributed by atoms with van der Waals surface area (Å²) in [5, 5.41) is 0. The zero-order valence-corrected chi connectivity index (χ0v) is 32.7. The number of piperazine rings is 1. The first kappa shape index (κ1) is 43.9. The molecule has 0 amide bonds. The first-order valence-corrected chi connectivity index (χ1v) is 21.1. The Labute approximate surface area is 305 Å². The van der Waals surface area contributed by atoms with E-state index >= 15 is 0 Å². The lowest BCUT2D eigenvalue weighted by molar-refractivity contribution is -0.180. The molecule has 2 aliphatic heterocycles. The summed E-state index contributed by atoms with van der Waals surface area (Å²) in [4.78, 5) is 4.93. The van der Waals surface area contributed by atoms with Crippen LogP contribution in [0.15, 0.2) is 48.6 Å². The summed E-state index contributed by atoms with van der Waals surface area (Å²) in [6, 6.07) is 0. The highest BCUT2D eigenvalue weighted by atomic mass is 16.7. The average molecular weight is 685 g/mol. The van der Waals surface area contributed by atoms with E-state index in [1.165, 1.54) is 128 Å². The Bertz CT molecular complexity index is 801. The van der Waals surface area contributed by atoms with Crippen LogP contribution in [0.4, 0.5) is 0 Å². The van der Waals surface area contributed by atoms with E-state index in [9.17, 15) is 0 Å². The zero-order valence-electron chi connectivity index (χ0n) is 32.7. The fourth-order valence-electron chi connectivity index (χ4n) is 6.69. The number of allylic oxidation sites excluding steroid dienone is 8. The van der Waals surface area contributed by atoms with Gasteiger partial charge >= 0.3 is 0 Å². The lowest BCUT2D eigenvalue weighted by Gasteiger charge is -2.32. The molecule has 0 aliphatic carbocycles. The van der Waals surface area contributed by atoms with E-state index in [2.05, 4.69) is 79.3 Å². The van der Waals surface area contributed by atoms with Gasteiger partial charge in [0.15, 0.2) is 5.79 Å². The fourth-order valence-corrected chi connectivity index (χ4v) is 6.69. The number of ether oxygens (including phenoxy) is 3. The Kier molecular flexibility index (Phi) is 28.2. The van der Waals surface area contributed by atoms with Crippen LogP contribution in [-0.4, -0.2) is 81.3 Å². The molecule has 0 saturated carbocycles. The van der Waals surface area contributed by atoms with Gasteiger partial charge < -0.3 is 19.1 Å². The molecule has 1 unspecified atom stereocenters. The Morgan fingerprint density at radius 2 is 1.04 bits per heavy atom. The molecule has 0 spiro atoms. The smallest absolute Gasteiger partial charge is 0.168 e. The van der Waals surface area contributed by atoms with Gasteiger partial charge in [0.25, 0.3) is 0 Å². The number of hydrogen-bond donors (Lipinski definition) is 0. The first-order chi connectivity index (χ1) is 24.2. The van der Waals surface area contributed by atoms with Gasteiger partial charge in [-0.1, -0.05) is 101 Å². The van der Waals surface area contributed by atoms with Gasteiger partial charge in [0, 0.05) is 52.2 Å². The molecule has 0 radical (unpaired) electrons. The molecule has 5 heteroatoms. The van der Waals surface area contributed by atoms with Crippen molar-refractivity contribution in [2.45, 2.75) is 173 Å². The summed E-state index contributed by atoms with van der Waals surface area (Å²) in [5.74, 6) is -0.383. The quantitative estimate of drug-likeness (QED) is 0.0520. The first-order valence-electron chi connectivity index (χ1n) is 21.1. The van der Waals surface area contributed by atoms with Gasteiger partial charge in [-0.15, -0.1) is 0 Å². The van der Waals surface area contributed by atoms with Crippen molar-refractivity contribution in [1.82, 2.24) is 9.80 Å². The summed E-state index contributed by atoms with van der Waals surface area (Å²) in [7, 11) is 2.21. The van der Waals surface area contributed by atoms with Gasteiger partial charge in [0.05, 0.1) is 19.3 Å². The lowest BCUT2D eigenvalue weighted by atomic mass is 9.99. The third kappa shape index (κ3) is 24.6. The molecule has 2 fully saturated rings. The minimum Gasteiger partial charge on any atom is -0.380 e. The van der Waals surface area contributed by atoms with Crippen LogP contribution in [0.5, 0.6) is 0 Å². The minimum absolute atomic E-state index is 0.164. The molecule has 284 valence electrons. The summed E-state index contributed by atoms with van der Waals surface area (Å²) >= 11 is 0. The molecule has 2 heterocycles. The normalized spacial score (nSPS) is 19.2. The summed E-state index contributed by atoms with van der Waals surface area (Å²) < 4.78 is 19.3. The van der Waals surface area contributed by atoms with E-state index in [0.717, 1.165) is 71.8 Å². The molecular weight excluding hydrogens is 604 g/mol. The predicted octanol–water partition coefficient (Wildman–Crippen LogP) is 11.6. The van der Waals surface area contributed by atoms with Gasteiger partial charge in [-0.25, -0.2) is 0 Å². The van der Waals surface area contributed by atoms with Crippen LogP contribution < -0.4 is 0 Å². The fraction of sp³-hybridized carbons (Fsp3) is 0.818. The standard InChI is InChI=1S/C44H80N2O3/c1-4-6-8-10-12-14-16-18-20-22-24-26-28-30-33-44(34-31-29-27-25-23-21-19-17-15-13-11-9-7-5-2)48-42-43(49-44)32-40-47-41-39-46-37-35-45(3)36-38-46/h10-13,20-23,43H,4-9,14-19,24-42H2,1-3H3/b12-10-,13-11-,22-20-,23-21-. The Hall–Kier alpha value is -1.24. The number of nitrogens with zero attached hydrogens (tertiary/aromatic N) is 2. The van der Waals surface area contributed by atoms with Gasteiger partial charge in [0.2, 0.25) is 0 Å². The van der Waals surface area contributed by atoms with Crippen LogP contribution >= 0.6 is 0 Å². The maximum absolute atomic E-state index is 6.73. The second-order valence-electron chi connectivity index (χ2n) is 14.7. The van der Waals surface area contributed by atoms with Crippen molar-refractivity contribution in [2.75, 3.05) is 59.6 Å². The number of rotatable bonds is 32. The van der Waals surface area contributed by atoms with Crippen molar-refractivity contribution in [1.29, 1.82) is 0 Å². The van der Waals surface area contributed by atoms with Gasteiger partial charge in [-0.2, -0.15) is 0 Å². The van der Waals surface area contributed by atoms with Gasteiger partial charge in [-0.3, -0.25) is 4.90 Å². The van der Waals surface area contributed by atoms with Crippen molar-refractivity contribution < 1.29 is 14.2 Å². The van der Waals surface area contributed by atoms with E-state index in [0.29, 0.717) is 0 Å². The maximum Gasteiger partial charge on any atom is 0.168 e. The van der Waals surface area contributed by atoms with E-state index in [1.807, 2.05) is 0 Å². The SMILES string of the molecule is CCCC/C=C\CCC/C=C\CCCCCC1(CCCCC/C=C\CCC/C=C\CCCC)OCC(CCOCCN2CCN(C)CC2)O1. The largest absolute Gasteiger partial charge is 0.380 e. The minimum atomic E-state index is -0.383. The van der Waals surface area contributed by atoms with Crippen molar-refractivity contribution in [3.8, 4) is 0 Å². The second-order valence-corrected chi connectivity index (χ2v) is 14.7. The molecule has 0 aromatic carbocycles. The molecule has 0 aromatic rings.